The molecule has 0 aliphatic rings. The highest BCUT2D eigenvalue weighted by atomic mass is 16.3. The van der Waals surface area contributed by atoms with Crippen molar-refractivity contribution in [2.24, 2.45) is 0 Å². The van der Waals surface area contributed by atoms with Crippen LogP contribution in [0.3, 0.4) is 0 Å². The summed E-state index contributed by atoms with van der Waals surface area (Å²) in [5, 5.41) is 12.3. The molecule has 3 heteroatoms. The summed E-state index contributed by atoms with van der Waals surface area (Å²) in [6, 6.07) is 10.1. The lowest BCUT2D eigenvalue weighted by molar-refractivity contribution is 0.282. The molecule has 0 aliphatic heterocycles. The lowest BCUT2D eigenvalue weighted by atomic mass is 10.1. The Labute approximate surface area is 108 Å². The molecule has 3 nitrogen and oxygen atoms in total. The number of rotatable bonds is 5. The number of benzene rings is 1. The minimum absolute atomic E-state index is 0.0999. The summed E-state index contributed by atoms with van der Waals surface area (Å²) < 4.78 is 0. The Bertz CT molecular complexity index is 494. The topological polar surface area (TPSA) is 45.2 Å². The largest absolute Gasteiger partial charge is 0.392 e. The Morgan fingerprint density at radius 2 is 1.67 bits per heavy atom. The van der Waals surface area contributed by atoms with E-state index in [1.165, 1.54) is 16.7 Å². The molecule has 1 aromatic heterocycles. The van der Waals surface area contributed by atoms with Crippen molar-refractivity contribution in [3.05, 3.63) is 65.0 Å². The van der Waals surface area contributed by atoms with Crippen LogP contribution >= 0.6 is 0 Å². The van der Waals surface area contributed by atoms with Gasteiger partial charge in [0.2, 0.25) is 0 Å². The van der Waals surface area contributed by atoms with Gasteiger partial charge < -0.3 is 10.4 Å². The number of aliphatic hydroxyl groups is 1. The standard InChI is InChI=1S/C15H18N2O/c1-12-6-15(9-16-7-12)10-17-8-13-2-4-14(11-18)5-3-13/h2-7,9,17-18H,8,10-11H2,1H3. The van der Waals surface area contributed by atoms with Crippen LogP contribution in [-0.4, -0.2) is 10.1 Å². The Morgan fingerprint density at radius 3 is 2.33 bits per heavy atom. The fourth-order valence-electron chi connectivity index (χ4n) is 1.83. The number of aromatic nitrogens is 1. The van der Waals surface area contributed by atoms with Crippen molar-refractivity contribution in [2.75, 3.05) is 0 Å². The van der Waals surface area contributed by atoms with Gasteiger partial charge in [0.15, 0.2) is 0 Å². The Morgan fingerprint density at radius 1 is 1.00 bits per heavy atom. The maximum absolute atomic E-state index is 8.96. The van der Waals surface area contributed by atoms with Gasteiger partial charge in [0.25, 0.3) is 0 Å². The molecule has 0 amide bonds. The van der Waals surface area contributed by atoms with Crippen molar-refractivity contribution in [2.45, 2.75) is 26.6 Å². The second-order valence-corrected chi connectivity index (χ2v) is 4.45. The summed E-state index contributed by atoms with van der Waals surface area (Å²) in [5.74, 6) is 0. The van der Waals surface area contributed by atoms with Crippen LogP contribution in [0.5, 0.6) is 0 Å². The van der Waals surface area contributed by atoms with Crippen LogP contribution in [0.2, 0.25) is 0 Å². The quantitative estimate of drug-likeness (QED) is 0.844. The van der Waals surface area contributed by atoms with Gasteiger partial charge >= 0.3 is 0 Å². The van der Waals surface area contributed by atoms with E-state index in [2.05, 4.69) is 16.4 Å². The van der Waals surface area contributed by atoms with Gasteiger partial charge in [0.1, 0.15) is 0 Å². The molecule has 0 saturated heterocycles. The lowest BCUT2D eigenvalue weighted by Gasteiger charge is -2.06. The Balaban J connectivity index is 1.84. The van der Waals surface area contributed by atoms with Gasteiger partial charge in [-0.25, -0.2) is 0 Å². The molecule has 2 aromatic rings. The lowest BCUT2D eigenvalue weighted by Crippen LogP contribution is -2.12. The highest BCUT2D eigenvalue weighted by molar-refractivity contribution is 5.22. The van der Waals surface area contributed by atoms with E-state index >= 15 is 0 Å². The van der Waals surface area contributed by atoms with Crippen molar-refractivity contribution in [3.63, 3.8) is 0 Å². The Hall–Kier alpha value is -1.71. The molecule has 2 N–H and O–H groups in total. The van der Waals surface area contributed by atoms with E-state index in [9.17, 15) is 0 Å². The fourth-order valence-corrected chi connectivity index (χ4v) is 1.83. The van der Waals surface area contributed by atoms with Crippen molar-refractivity contribution >= 4 is 0 Å². The molecule has 0 spiro atoms. The summed E-state index contributed by atoms with van der Waals surface area (Å²) in [7, 11) is 0. The average molecular weight is 242 g/mol. The number of aryl methyl sites for hydroxylation is 1. The van der Waals surface area contributed by atoms with E-state index in [-0.39, 0.29) is 6.61 Å². The van der Waals surface area contributed by atoms with E-state index in [0.29, 0.717) is 0 Å². The van der Waals surface area contributed by atoms with Gasteiger partial charge in [-0.2, -0.15) is 0 Å². The molecule has 2 rings (SSSR count). The third-order valence-corrected chi connectivity index (χ3v) is 2.80. The van der Waals surface area contributed by atoms with Crippen molar-refractivity contribution in [1.82, 2.24) is 10.3 Å². The normalized spacial score (nSPS) is 10.6. The first-order valence-corrected chi connectivity index (χ1v) is 6.08. The van der Waals surface area contributed by atoms with E-state index in [0.717, 1.165) is 18.7 Å². The van der Waals surface area contributed by atoms with Crippen LogP contribution in [0, 0.1) is 6.92 Å². The van der Waals surface area contributed by atoms with Gasteiger partial charge in [-0.1, -0.05) is 30.3 Å². The summed E-state index contributed by atoms with van der Waals surface area (Å²) >= 11 is 0. The molecule has 0 atom stereocenters. The number of pyridine rings is 1. The van der Waals surface area contributed by atoms with Gasteiger partial charge in [-0.3, -0.25) is 4.98 Å². The van der Waals surface area contributed by atoms with E-state index in [1.807, 2.05) is 43.6 Å². The zero-order valence-corrected chi connectivity index (χ0v) is 10.6. The number of aliphatic hydroxyl groups excluding tert-OH is 1. The number of nitrogens with zero attached hydrogens (tertiary/aromatic N) is 1. The molecule has 0 unspecified atom stereocenters. The smallest absolute Gasteiger partial charge is 0.0681 e. The molecule has 0 fully saturated rings. The van der Waals surface area contributed by atoms with Crippen LogP contribution < -0.4 is 5.32 Å². The van der Waals surface area contributed by atoms with E-state index in [4.69, 9.17) is 5.11 Å². The minimum Gasteiger partial charge on any atom is -0.392 e. The maximum atomic E-state index is 8.96. The second kappa shape index (κ2) is 6.28. The van der Waals surface area contributed by atoms with Crippen molar-refractivity contribution in [1.29, 1.82) is 0 Å². The van der Waals surface area contributed by atoms with Crippen LogP contribution in [0.1, 0.15) is 22.3 Å². The van der Waals surface area contributed by atoms with Gasteiger partial charge in [0, 0.05) is 25.5 Å². The van der Waals surface area contributed by atoms with Crippen LogP contribution in [0.4, 0.5) is 0 Å². The molecular formula is C15H18N2O. The Kier molecular flexibility index (Phi) is 4.45. The van der Waals surface area contributed by atoms with Crippen LogP contribution in [-0.2, 0) is 19.7 Å². The number of nitrogens with one attached hydrogen (secondary N) is 1. The van der Waals surface area contributed by atoms with Gasteiger partial charge in [-0.15, -0.1) is 0 Å². The zero-order chi connectivity index (χ0) is 12.8. The van der Waals surface area contributed by atoms with E-state index in [1.54, 1.807) is 0 Å². The van der Waals surface area contributed by atoms with E-state index < -0.39 is 0 Å². The summed E-state index contributed by atoms with van der Waals surface area (Å²) in [6.07, 6.45) is 3.74. The molecule has 18 heavy (non-hydrogen) atoms. The maximum Gasteiger partial charge on any atom is 0.0681 e. The zero-order valence-electron chi connectivity index (χ0n) is 10.6. The molecular weight excluding hydrogens is 224 g/mol. The molecule has 0 aliphatic carbocycles. The van der Waals surface area contributed by atoms with Gasteiger partial charge in [0.05, 0.1) is 6.61 Å². The van der Waals surface area contributed by atoms with Crippen molar-refractivity contribution in [3.8, 4) is 0 Å². The third kappa shape index (κ3) is 3.65. The first-order chi connectivity index (χ1) is 8.78. The van der Waals surface area contributed by atoms with Gasteiger partial charge in [-0.05, 0) is 29.2 Å². The number of hydrogen-bond acceptors (Lipinski definition) is 3. The fraction of sp³-hybridized carbons (Fsp3) is 0.267. The average Bonchev–Trinajstić information content (AvgIpc) is 2.40. The summed E-state index contributed by atoms with van der Waals surface area (Å²) in [6.45, 7) is 3.78. The molecule has 94 valence electrons. The second-order valence-electron chi connectivity index (χ2n) is 4.45. The van der Waals surface area contributed by atoms with Crippen LogP contribution in [0.25, 0.3) is 0 Å². The predicted octanol–water partition coefficient (Wildman–Crippen LogP) is 2.17. The third-order valence-electron chi connectivity index (χ3n) is 2.80. The molecule has 1 aromatic carbocycles. The minimum atomic E-state index is 0.0999. The predicted molar refractivity (Wildman–Crippen MR) is 71.9 cm³/mol. The number of hydrogen-bond donors (Lipinski definition) is 2. The highest BCUT2D eigenvalue weighted by Gasteiger charge is 1.96. The van der Waals surface area contributed by atoms with Crippen molar-refractivity contribution < 1.29 is 5.11 Å². The molecule has 1 heterocycles. The summed E-state index contributed by atoms with van der Waals surface area (Å²) in [5.41, 5.74) is 4.54. The first kappa shape index (κ1) is 12.7. The van der Waals surface area contributed by atoms with Crippen LogP contribution in [0.15, 0.2) is 42.7 Å². The highest BCUT2D eigenvalue weighted by Crippen LogP contribution is 2.05. The first-order valence-electron chi connectivity index (χ1n) is 6.08. The molecule has 0 radical (unpaired) electrons. The SMILES string of the molecule is Cc1cncc(CNCc2ccc(CO)cc2)c1. The molecule has 0 saturated carbocycles. The monoisotopic (exact) mass is 242 g/mol. The summed E-state index contributed by atoms with van der Waals surface area (Å²) in [4.78, 5) is 4.16. The molecule has 0 bridgehead atoms.